The lowest BCUT2D eigenvalue weighted by Gasteiger charge is -2.15. The van der Waals surface area contributed by atoms with Crippen molar-refractivity contribution in [3.05, 3.63) is 76.3 Å². The van der Waals surface area contributed by atoms with E-state index in [0.717, 1.165) is 4.90 Å². The maximum Gasteiger partial charge on any atom is 0.263 e. The number of fused-ring (bicyclic) bond motifs is 2. The number of carbonyl (C=O) groups is 2. The van der Waals surface area contributed by atoms with Gasteiger partial charge < -0.3 is 0 Å². The molecule has 4 rings (SSSR count). The summed E-state index contributed by atoms with van der Waals surface area (Å²) in [6.45, 7) is -0.150. The quantitative estimate of drug-likeness (QED) is 0.675. The molecule has 0 saturated heterocycles. The summed E-state index contributed by atoms with van der Waals surface area (Å²) in [6, 6.07) is 13.6. The molecule has 6 heteroatoms. The highest BCUT2D eigenvalue weighted by molar-refractivity contribution is 6.21. The molecule has 0 spiro atoms. The van der Waals surface area contributed by atoms with Crippen LogP contribution < -0.4 is 5.56 Å². The average molecular weight is 305 g/mol. The van der Waals surface area contributed by atoms with Crippen LogP contribution >= 0.6 is 0 Å². The van der Waals surface area contributed by atoms with E-state index < -0.39 is 11.8 Å². The Labute approximate surface area is 130 Å². The van der Waals surface area contributed by atoms with Gasteiger partial charge in [-0.05, 0) is 24.3 Å². The van der Waals surface area contributed by atoms with Crippen molar-refractivity contribution >= 4 is 22.7 Å². The second kappa shape index (κ2) is 4.88. The van der Waals surface area contributed by atoms with Crippen molar-refractivity contribution in [1.82, 2.24) is 14.5 Å². The molecule has 23 heavy (non-hydrogen) atoms. The molecule has 2 heterocycles. The highest BCUT2D eigenvalue weighted by Crippen LogP contribution is 2.22. The Hall–Kier alpha value is -3.28. The molecule has 112 valence electrons. The fraction of sp³-hybridized carbons (Fsp3) is 0.0588. The Balaban J connectivity index is 1.75. The van der Waals surface area contributed by atoms with Gasteiger partial charge in [-0.25, -0.2) is 4.98 Å². The highest BCUT2D eigenvalue weighted by Gasteiger charge is 2.35. The molecule has 2 aromatic carbocycles. The van der Waals surface area contributed by atoms with Gasteiger partial charge in [0.1, 0.15) is 6.67 Å². The van der Waals surface area contributed by atoms with Gasteiger partial charge in [0, 0.05) is 0 Å². The van der Waals surface area contributed by atoms with Crippen LogP contribution in [0.2, 0.25) is 0 Å². The maximum absolute atomic E-state index is 12.5. The molecule has 0 saturated carbocycles. The zero-order valence-corrected chi connectivity index (χ0v) is 12.0. The van der Waals surface area contributed by atoms with Crippen LogP contribution in [-0.4, -0.2) is 26.3 Å². The van der Waals surface area contributed by atoms with Crippen LogP contribution in [0.5, 0.6) is 0 Å². The van der Waals surface area contributed by atoms with E-state index in [0.29, 0.717) is 22.0 Å². The third-order valence-electron chi connectivity index (χ3n) is 3.90. The van der Waals surface area contributed by atoms with Gasteiger partial charge in [0.05, 0.1) is 28.4 Å². The largest absolute Gasteiger partial charge is 0.280 e. The third-order valence-corrected chi connectivity index (χ3v) is 3.90. The third kappa shape index (κ3) is 1.96. The van der Waals surface area contributed by atoms with Crippen LogP contribution in [0.4, 0.5) is 0 Å². The number of amides is 2. The second-order valence-corrected chi connectivity index (χ2v) is 5.26. The predicted molar refractivity (Wildman–Crippen MR) is 82.9 cm³/mol. The van der Waals surface area contributed by atoms with Gasteiger partial charge in [0.25, 0.3) is 17.4 Å². The molecule has 0 fully saturated rings. The fourth-order valence-corrected chi connectivity index (χ4v) is 2.73. The maximum atomic E-state index is 12.5. The number of hydrogen-bond donors (Lipinski definition) is 0. The fourth-order valence-electron chi connectivity index (χ4n) is 2.73. The normalized spacial score (nSPS) is 13.7. The number of rotatable bonds is 2. The van der Waals surface area contributed by atoms with Gasteiger partial charge in [-0.1, -0.05) is 24.3 Å². The Morgan fingerprint density at radius 1 is 0.826 bits per heavy atom. The molecule has 2 amide bonds. The van der Waals surface area contributed by atoms with Crippen molar-refractivity contribution < 1.29 is 9.59 Å². The van der Waals surface area contributed by atoms with Crippen LogP contribution in [0.1, 0.15) is 20.7 Å². The summed E-state index contributed by atoms with van der Waals surface area (Å²) in [5.41, 5.74) is 1.02. The first kappa shape index (κ1) is 13.4. The van der Waals surface area contributed by atoms with E-state index in [1.165, 1.54) is 10.9 Å². The first-order valence-corrected chi connectivity index (χ1v) is 7.06. The predicted octanol–water partition coefficient (Wildman–Crippen LogP) is 1.65. The smallest absolute Gasteiger partial charge is 0.263 e. The summed E-state index contributed by atoms with van der Waals surface area (Å²) in [4.78, 5) is 42.4. The van der Waals surface area contributed by atoms with E-state index in [4.69, 9.17) is 0 Å². The van der Waals surface area contributed by atoms with Gasteiger partial charge in [0.15, 0.2) is 0 Å². The highest BCUT2D eigenvalue weighted by atomic mass is 16.2. The van der Waals surface area contributed by atoms with Gasteiger partial charge >= 0.3 is 0 Å². The van der Waals surface area contributed by atoms with Crippen molar-refractivity contribution in [3.63, 3.8) is 0 Å². The molecule has 0 unspecified atom stereocenters. The summed E-state index contributed by atoms with van der Waals surface area (Å²) in [7, 11) is 0. The minimum Gasteiger partial charge on any atom is -0.280 e. The molecule has 0 aliphatic carbocycles. The monoisotopic (exact) mass is 305 g/mol. The molecule has 6 nitrogen and oxygen atoms in total. The Morgan fingerprint density at radius 3 is 2.13 bits per heavy atom. The minimum absolute atomic E-state index is 0.150. The molecule has 1 aliphatic heterocycles. The molecule has 1 aliphatic rings. The van der Waals surface area contributed by atoms with Crippen molar-refractivity contribution in [1.29, 1.82) is 0 Å². The number of aromatic nitrogens is 2. The number of hydrogen-bond acceptors (Lipinski definition) is 4. The first-order chi connectivity index (χ1) is 11.2. The molecule has 0 atom stereocenters. The number of nitrogens with zero attached hydrogens (tertiary/aromatic N) is 3. The van der Waals surface area contributed by atoms with Crippen LogP contribution in [0.15, 0.2) is 59.7 Å². The molecular formula is C17H11N3O3. The van der Waals surface area contributed by atoms with Crippen LogP contribution in [0.3, 0.4) is 0 Å². The summed E-state index contributed by atoms with van der Waals surface area (Å²) in [5.74, 6) is -0.795. The summed E-state index contributed by atoms with van der Waals surface area (Å²) in [6.07, 6.45) is 1.36. The minimum atomic E-state index is -0.398. The van der Waals surface area contributed by atoms with Crippen LogP contribution in [0.25, 0.3) is 10.9 Å². The first-order valence-electron chi connectivity index (χ1n) is 7.06. The van der Waals surface area contributed by atoms with E-state index in [1.54, 1.807) is 48.5 Å². The Bertz CT molecular complexity index is 988. The van der Waals surface area contributed by atoms with Crippen molar-refractivity contribution in [3.8, 4) is 0 Å². The number of imide groups is 1. The number of benzene rings is 2. The van der Waals surface area contributed by atoms with Gasteiger partial charge in [0.2, 0.25) is 0 Å². The lowest BCUT2D eigenvalue weighted by atomic mass is 10.1. The second-order valence-electron chi connectivity index (χ2n) is 5.26. The topological polar surface area (TPSA) is 72.3 Å². The van der Waals surface area contributed by atoms with Crippen molar-refractivity contribution in [2.24, 2.45) is 0 Å². The van der Waals surface area contributed by atoms with E-state index in [9.17, 15) is 14.4 Å². The number of carbonyl (C=O) groups excluding carboxylic acids is 2. The lowest BCUT2D eigenvalue weighted by Crippen LogP contribution is -2.36. The SMILES string of the molecule is O=C1c2ccccc2C(=O)N1Cn1cnc2ccccc2c1=O. The van der Waals surface area contributed by atoms with E-state index in [1.807, 2.05) is 0 Å². The molecule has 0 radical (unpaired) electrons. The molecular weight excluding hydrogens is 294 g/mol. The zero-order valence-electron chi connectivity index (χ0n) is 12.0. The molecule has 0 bridgehead atoms. The van der Waals surface area contributed by atoms with Crippen LogP contribution in [0, 0.1) is 0 Å². The summed E-state index contributed by atoms with van der Waals surface area (Å²) in [5, 5.41) is 0.451. The van der Waals surface area contributed by atoms with Gasteiger partial charge in [-0.2, -0.15) is 0 Å². The van der Waals surface area contributed by atoms with E-state index >= 15 is 0 Å². The standard InChI is InChI=1S/C17H11N3O3/c21-15-13-7-3-4-8-14(13)18-9-19(15)10-20-16(22)11-5-1-2-6-12(11)17(20)23/h1-9H,10H2. The van der Waals surface area contributed by atoms with Crippen LogP contribution in [-0.2, 0) is 6.67 Å². The zero-order chi connectivity index (χ0) is 16.0. The van der Waals surface area contributed by atoms with E-state index in [-0.39, 0.29) is 12.2 Å². The van der Waals surface area contributed by atoms with Gasteiger partial charge in [-0.3, -0.25) is 23.9 Å². The molecule has 1 aromatic heterocycles. The Morgan fingerprint density at radius 2 is 1.43 bits per heavy atom. The van der Waals surface area contributed by atoms with E-state index in [2.05, 4.69) is 4.98 Å². The molecule has 3 aromatic rings. The van der Waals surface area contributed by atoms with Gasteiger partial charge in [-0.15, -0.1) is 0 Å². The summed E-state index contributed by atoms with van der Waals surface area (Å²) >= 11 is 0. The van der Waals surface area contributed by atoms with Crippen molar-refractivity contribution in [2.45, 2.75) is 6.67 Å². The lowest BCUT2D eigenvalue weighted by molar-refractivity contribution is 0.0603. The average Bonchev–Trinajstić information content (AvgIpc) is 2.83. The Kier molecular flexibility index (Phi) is 2.84. The molecule has 0 N–H and O–H groups in total. The number of para-hydroxylation sites is 1. The van der Waals surface area contributed by atoms with Crippen molar-refractivity contribution in [2.75, 3.05) is 0 Å². The summed E-state index contributed by atoms with van der Waals surface area (Å²) < 4.78 is 1.27.